The Kier molecular flexibility index (Phi) is 6.26. The van der Waals surface area contributed by atoms with E-state index < -0.39 is 17.8 Å². The number of nitrogens with two attached hydrogens (primary N) is 1. The molecule has 0 aromatic heterocycles. The quantitative estimate of drug-likeness (QED) is 0.440. The van der Waals surface area contributed by atoms with Crippen LogP contribution in [0.1, 0.15) is 15.9 Å². The summed E-state index contributed by atoms with van der Waals surface area (Å²) in [5.74, 6) is -0.894. The van der Waals surface area contributed by atoms with E-state index in [9.17, 15) is 14.4 Å². The number of likely N-dealkylation sites (N-methyl/N-ethyl adjacent to an activating group) is 1. The Morgan fingerprint density at radius 3 is 2.41 bits per heavy atom. The summed E-state index contributed by atoms with van der Waals surface area (Å²) in [6, 6.07) is 11.8. The van der Waals surface area contributed by atoms with Crippen molar-refractivity contribution in [1.82, 2.24) is 15.2 Å². The molecule has 0 atom stereocenters. The molecule has 0 spiro atoms. The number of fused-ring (bicyclic) bond motifs is 1. The lowest BCUT2D eigenvalue weighted by Gasteiger charge is -2.39. The van der Waals surface area contributed by atoms with Crippen molar-refractivity contribution in [2.24, 2.45) is 5.73 Å². The van der Waals surface area contributed by atoms with Gasteiger partial charge in [0.05, 0.1) is 11.3 Å². The van der Waals surface area contributed by atoms with Gasteiger partial charge in [-0.1, -0.05) is 15.9 Å². The van der Waals surface area contributed by atoms with Gasteiger partial charge in [0, 0.05) is 53.7 Å². The zero-order valence-electron chi connectivity index (χ0n) is 17.5. The molecule has 2 aliphatic heterocycles. The molecule has 0 radical (unpaired) electrons. The molecule has 0 aliphatic carbocycles. The van der Waals surface area contributed by atoms with Gasteiger partial charge in [0.2, 0.25) is 0 Å². The zero-order valence-corrected chi connectivity index (χ0v) is 19.1. The minimum Gasteiger partial charge on any atom is -0.361 e. The van der Waals surface area contributed by atoms with Crippen LogP contribution in [0.5, 0.6) is 0 Å². The van der Waals surface area contributed by atoms with E-state index in [4.69, 9.17) is 5.73 Å². The maximum atomic E-state index is 12.4. The Morgan fingerprint density at radius 1 is 1.06 bits per heavy atom. The van der Waals surface area contributed by atoms with Crippen LogP contribution >= 0.6 is 15.9 Å². The van der Waals surface area contributed by atoms with Gasteiger partial charge in [-0.05, 0) is 49.5 Å². The van der Waals surface area contributed by atoms with Crippen LogP contribution in [0.2, 0.25) is 0 Å². The van der Waals surface area contributed by atoms with Crippen LogP contribution in [0.4, 0.5) is 16.2 Å². The SMILES string of the molecule is CN1CCN(N(C(N)=O)c2ccc(NC=C3C(=O)NC(=O)c4ccc(Br)cc43)cc2)CC1. The molecule has 2 aromatic rings. The van der Waals surface area contributed by atoms with Crippen LogP contribution in [0.3, 0.4) is 0 Å². The van der Waals surface area contributed by atoms with Crippen LogP contribution in [0.25, 0.3) is 5.57 Å². The molecule has 2 aromatic carbocycles. The highest BCUT2D eigenvalue weighted by Gasteiger charge is 2.27. The molecule has 0 saturated carbocycles. The second-order valence-electron chi connectivity index (χ2n) is 7.63. The summed E-state index contributed by atoms with van der Waals surface area (Å²) in [4.78, 5) is 38.8. The van der Waals surface area contributed by atoms with E-state index in [2.05, 4.69) is 31.5 Å². The van der Waals surface area contributed by atoms with Gasteiger partial charge >= 0.3 is 6.03 Å². The number of rotatable bonds is 4. The number of piperazine rings is 1. The number of anilines is 2. The maximum absolute atomic E-state index is 12.4. The number of halogens is 1. The van der Waals surface area contributed by atoms with Crippen LogP contribution in [0, 0.1) is 0 Å². The van der Waals surface area contributed by atoms with Crippen molar-refractivity contribution < 1.29 is 14.4 Å². The van der Waals surface area contributed by atoms with Gasteiger partial charge in [-0.3, -0.25) is 14.9 Å². The number of urea groups is 1. The van der Waals surface area contributed by atoms with Gasteiger partial charge in [0.1, 0.15) is 0 Å². The molecule has 4 amide bonds. The first kappa shape index (κ1) is 22.0. The summed E-state index contributed by atoms with van der Waals surface area (Å²) in [5, 5.41) is 8.87. The van der Waals surface area contributed by atoms with Gasteiger partial charge in [-0.25, -0.2) is 14.8 Å². The molecule has 2 heterocycles. The number of primary amides is 1. The van der Waals surface area contributed by atoms with E-state index in [1.54, 1.807) is 48.7 Å². The maximum Gasteiger partial charge on any atom is 0.334 e. The first-order valence-corrected chi connectivity index (χ1v) is 10.9. The summed E-state index contributed by atoms with van der Waals surface area (Å²) in [5.41, 5.74) is 8.35. The number of nitrogens with one attached hydrogen (secondary N) is 2. The Bertz CT molecular complexity index is 1090. The number of hydrogen-bond acceptors (Lipinski definition) is 6. The van der Waals surface area contributed by atoms with Crippen molar-refractivity contribution in [3.63, 3.8) is 0 Å². The first-order valence-electron chi connectivity index (χ1n) is 10.1. The van der Waals surface area contributed by atoms with Crippen molar-refractivity contribution >= 4 is 50.7 Å². The minimum atomic E-state index is -0.539. The lowest BCUT2D eigenvalue weighted by atomic mass is 9.95. The van der Waals surface area contributed by atoms with Crippen LogP contribution < -0.4 is 21.4 Å². The number of carbonyl (C=O) groups is 3. The third kappa shape index (κ3) is 4.52. The fourth-order valence-corrected chi connectivity index (χ4v) is 4.08. The highest BCUT2D eigenvalue weighted by molar-refractivity contribution is 9.10. The molecular formula is C22H23BrN6O3. The molecule has 0 unspecified atom stereocenters. The first-order chi connectivity index (χ1) is 15.3. The highest BCUT2D eigenvalue weighted by Crippen LogP contribution is 2.28. The van der Waals surface area contributed by atoms with E-state index in [1.807, 2.05) is 12.1 Å². The topological polar surface area (TPSA) is 111 Å². The number of carbonyl (C=O) groups excluding carboxylic acids is 3. The Morgan fingerprint density at radius 2 is 1.75 bits per heavy atom. The molecule has 1 fully saturated rings. The Labute approximate surface area is 193 Å². The standard InChI is InChI=1S/C22H23BrN6O3/c1-27-8-10-28(11-9-27)29(22(24)32)16-5-3-15(4-6-16)25-13-19-18-12-14(23)2-7-17(18)20(30)26-21(19)31/h2-7,12-13,25H,8-11H2,1H3,(H2,24,32)(H,26,30,31). The van der Waals surface area contributed by atoms with Gasteiger partial charge in [-0.15, -0.1) is 0 Å². The number of imide groups is 1. The average Bonchev–Trinajstić information content (AvgIpc) is 2.75. The van der Waals surface area contributed by atoms with Crippen molar-refractivity contribution in [2.45, 2.75) is 0 Å². The summed E-state index contributed by atoms with van der Waals surface area (Å²) in [6.07, 6.45) is 1.56. The molecule has 2 aliphatic rings. The molecule has 10 heteroatoms. The van der Waals surface area contributed by atoms with Gasteiger partial charge in [-0.2, -0.15) is 0 Å². The molecule has 4 N–H and O–H groups in total. The summed E-state index contributed by atoms with van der Waals surface area (Å²) in [7, 11) is 2.04. The number of hydrazine groups is 1. The van der Waals surface area contributed by atoms with Crippen molar-refractivity contribution in [2.75, 3.05) is 43.6 Å². The van der Waals surface area contributed by atoms with E-state index in [-0.39, 0.29) is 0 Å². The van der Waals surface area contributed by atoms with E-state index in [0.717, 1.165) is 17.6 Å². The molecule has 1 saturated heterocycles. The average molecular weight is 499 g/mol. The molecule has 4 rings (SSSR count). The third-order valence-electron chi connectivity index (χ3n) is 5.45. The highest BCUT2D eigenvalue weighted by atomic mass is 79.9. The number of benzene rings is 2. The lowest BCUT2D eigenvalue weighted by molar-refractivity contribution is -0.114. The predicted molar refractivity (Wildman–Crippen MR) is 126 cm³/mol. The van der Waals surface area contributed by atoms with Crippen LogP contribution in [-0.2, 0) is 4.79 Å². The molecule has 32 heavy (non-hydrogen) atoms. The molecular weight excluding hydrogens is 476 g/mol. The predicted octanol–water partition coefficient (Wildman–Crippen LogP) is 2.22. The lowest BCUT2D eigenvalue weighted by Crippen LogP contribution is -2.56. The van der Waals surface area contributed by atoms with Gasteiger partial charge in [0.25, 0.3) is 11.8 Å². The summed E-state index contributed by atoms with van der Waals surface area (Å²) < 4.78 is 0.768. The largest absolute Gasteiger partial charge is 0.361 e. The third-order valence-corrected chi connectivity index (χ3v) is 5.95. The van der Waals surface area contributed by atoms with Crippen LogP contribution in [-0.4, -0.2) is 61.0 Å². The number of amides is 4. The fourth-order valence-electron chi connectivity index (χ4n) is 3.72. The van der Waals surface area contributed by atoms with E-state index in [0.29, 0.717) is 41.2 Å². The minimum absolute atomic E-state index is 0.348. The Balaban J connectivity index is 1.54. The second-order valence-corrected chi connectivity index (χ2v) is 8.55. The molecule has 166 valence electrons. The Hall–Kier alpha value is -3.21. The smallest absolute Gasteiger partial charge is 0.334 e. The number of nitrogens with zero attached hydrogens (tertiary/aromatic N) is 3. The zero-order chi connectivity index (χ0) is 22.8. The second kappa shape index (κ2) is 9.11. The van der Waals surface area contributed by atoms with Crippen molar-refractivity contribution in [3.8, 4) is 0 Å². The normalized spacial score (nSPS) is 18.2. The molecule has 9 nitrogen and oxygen atoms in total. The van der Waals surface area contributed by atoms with Crippen molar-refractivity contribution in [1.29, 1.82) is 0 Å². The number of hydrogen-bond donors (Lipinski definition) is 3. The summed E-state index contributed by atoms with van der Waals surface area (Å²) in [6.45, 7) is 3.10. The van der Waals surface area contributed by atoms with Gasteiger partial charge in [0.15, 0.2) is 0 Å². The van der Waals surface area contributed by atoms with E-state index >= 15 is 0 Å². The van der Waals surface area contributed by atoms with E-state index in [1.165, 1.54) is 5.01 Å². The monoisotopic (exact) mass is 498 g/mol. The fraction of sp³-hybridized carbons (Fsp3) is 0.227. The van der Waals surface area contributed by atoms with Crippen LogP contribution in [0.15, 0.2) is 53.1 Å². The summed E-state index contributed by atoms with van der Waals surface area (Å²) >= 11 is 3.38. The molecule has 0 bridgehead atoms. The van der Waals surface area contributed by atoms with Crippen molar-refractivity contribution in [3.05, 3.63) is 64.3 Å². The van der Waals surface area contributed by atoms with Gasteiger partial charge < -0.3 is 16.0 Å².